The molecule has 5 heterocycles. The zero-order valence-electron chi connectivity index (χ0n) is 19.1. The quantitative estimate of drug-likeness (QED) is 0.455. The molecule has 35 heavy (non-hydrogen) atoms. The maximum atomic E-state index is 14.3. The molecule has 1 unspecified atom stereocenters. The molecule has 0 aliphatic carbocycles. The van der Waals surface area contributed by atoms with Crippen LogP contribution in [0, 0.1) is 5.82 Å². The summed E-state index contributed by atoms with van der Waals surface area (Å²) in [6.45, 7) is 2.30. The fourth-order valence-corrected chi connectivity index (χ4v) is 5.11. The second-order valence-corrected chi connectivity index (χ2v) is 9.09. The summed E-state index contributed by atoms with van der Waals surface area (Å²) in [4.78, 5) is 11.3. The number of aryl methyl sites for hydroxylation is 1. The van der Waals surface area contributed by atoms with Crippen molar-refractivity contribution in [2.75, 3.05) is 18.4 Å². The lowest BCUT2D eigenvalue weighted by atomic mass is 10.1. The van der Waals surface area contributed by atoms with Crippen LogP contribution >= 0.6 is 11.6 Å². The molecule has 0 radical (unpaired) electrons. The Morgan fingerprint density at radius 3 is 2.83 bits per heavy atom. The fraction of sp³-hybridized carbons (Fsp3) is 0.292. The van der Waals surface area contributed by atoms with Crippen molar-refractivity contribution in [1.82, 2.24) is 39.4 Å². The van der Waals surface area contributed by atoms with Gasteiger partial charge in [-0.15, -0.1) is 10.2 Å². The van der Waals surface area contributed by atoms with E-state index in [0.717, 1.165) is 48.4 Å². The molecule has 0 fully saturated rings. The SMILES string of the molecule is Cn1nccc1Nc1nccc(C2CN3CCCn4c(Cc5ccccc5F)nnc4C3=C2Cl)n1. The normalized spacial score (nSPS) is 17.3. The molecule has 0 saturated heterocycles. The molecule has 0 amide bonds. The summed E-state index contributed by atoms with van der Waals surface area (Å²) < 4.78 is 18.1. The van der Waals surface area contributed by atoms with Gasteiger partial charge in [-0.2, -0.15) is 5.10 Å². The zero-order chi connectivity index (χ0) is 23.9. The van der Waals surface area contributed by atoms with E-state index < -0.39 is 0 Å². The van der Waals surface area contributed by atoms with Crippen LogP contribution in [0.3, 0.4) is 0 Å². The average molecular weight is 492 g/mol. The smallest absolute Gasteiger partial charge is 0.228 e. The predicted molar refractivity (Wildman–Crippen MR) is 129 cm³/mol. The van der Waals surface area contributed by atoms with Gasteiger partial charge in [-0.3, -0.25) is 4.68 Å². The van der Waals surface area contributed by atoms with Crippen molar-refractivity contribution in [3.63, 3.8) is 0 Å². The Bertz CT molecular complexity index is 1430. The highest BCUT2D eigenvalue weighted by molar-refractivity contribution is 6.33. The van der Waals surface area contributed by atoms with Gasteiger partial charge in [-0.1, -0.05) is 29.8 Å². The van der Waals surface area contributed by atoms with Crippen molar-refractivity contribution in [2.24, 2.45) is 7.05 Å². The van der Waals surface area contributed by atoms with E-state index in [1.54, 1.807) is 29.2 Å². The summed E-state index contributed by atoms with van der Waals surface area (Å²) in [6.07, 6.45) is 4.73. The van der Waals surface area contributed by atoms with E-state index >= 15 is 0 Å². The van der Waals surface area contributed by atoms with E-state index in [1.165, 1.54) is 6.07 Å². The monoisotopic (exact) mass is 491 g/mol. The van der Waals surface area contributed by atoms with E-state index in [-0.39, 0.29) is 11.7 Å². The summed E-state index contributed by atoms with van der Waals surface area (Å²) in [5.41, 5.74) is 2.30. The predicted octanol–water partition coefficient (Wildman–Crippen LogP) is 3.69. The number of halogens is 2. The first kappa shape index (κ1) is 21.7. The molecule has 0 saturated carbocycles. The Kier molecular flexibility index (Phi) is 5.44. The first-order valence-electron chi connectivity index (χ1n) is 11.5. The van der Waals surface area contributed by atoms with Gasteiger partial charge in [-0.05, 0) is 24.1 Å². The van der Waals surface area contributed by atoms with Gasteiger partial charge in [-0.25, -0.2) is 14.4 Å². The summed E-state index contributed by atoms with van der Waals surface area (Å²) in [7, 11) is 1.85. The van der Waals surface area contributed by atoms with E-state index in [0.29, 0.717) is 29.5 Å². The highest BCUT2D eigenvalue weighted by atomic mass is 35.5. The summed E-state index contributed by atoms with van der Waals surface area (Å²) in [6, 6.07) is 10.5. The van der Waals surface area contributed by atoms with Gasteiger partial charge < -0.3 is 14.8 Å². The molecule has 1 atom stereocenters. The molecular weight excluding hydrogens is 469 g/mol. The molecule has 2 aliphatic rings. The molecule has 1 aromatic carbocycles. The average Bonchev–Trinajstić information content (AvgIpc) is 3.49. The minimum absolute atomic E-state index is 0.111. The fourth-order valence-electron chi connectivity index (χ4n) is 4.73. The van der Waals surface area contributed by atoms with E-state index in [9.17, 15) is 4.39 Å². The van der Waals surface area contributed by atoms with E-state index in [4.69, 9.17) is 16.6 Å². The van der Waals surface area contributed by atoms with Crippen LogP contribution < -0.4 is 5.32 Å². The number of anilines is 2. The minimum Gasteiger partial charge on any atom is -0.366 e. The van der Waals surface area contributed by atoms with Crippen LogP contribution in [0.2, 0.25) is 0 Å². The van der Waals surface area contributed by atoms with Gasteiger partial charge in [0.2, 0.25) is 5.95 Å². The number of rotatable bonds is 5. The first-order chi connectivity index (χ1) is 17.1. The van der Waals surface area contributed by atoms with Crippen LogP contribution in [0.1, 0.15) is 35.2 Å². The van der Waals surface area contributed by atoms with Crippen LogP contribution in [0.15, 0.2) is 53.8 Å². The Labute approximate surface area is 206 Å². The lowest BCUT2D eigenvalue weighted by Gasteiger charge is -2.19. The minimum atomic E-state index is -0.238. The number of hydrogen-bond donors (Lipinski definition) is 1. The Balaban J connectivity index is 1.32. The van der Waals surface area contributed by atoms with Gasteiger partial charge in [0.25, 0.3) is 0 Å². The van der Waals surface area contributed by atoms with Crippen molar-refractivity contribution < 1.29 is 4.39 Å². The third-order valence-corrected chi connectivity index (χ3v) is 6.94. The molecule has 3 aromatic heterocycles. The van der Waals surface area contributed by atoms with E-state index in [2.05, 4.69) is 35.1 Å². The number of fused-ring (bicyclic) bond motifs is 3. The van der Waals surface area contributed by atoms with Crippen molar-refractivity contribution in [1.29, 1.82) is 0 Å². The number of aromatic nitrogens is 7. The lowest BCUT2D eigenvalue weighted by molar-refractivity contribution is 0.400. The number of benzene rings is 1. The van der Waals surface area contributed by atoms with Gasteiger partial charge in [0.15, 0.2) is 5.82 Å². The standard InChI is InChI=1S/C24H23ClFN9/c1-33-19(8-10-28-33)30-24-27-9-7-18(29-24)16-14-34-11-4-12-35-20(13-15-5-2-3-6-17(15)26)31-32-23(35)22(34)21(16)25/h2-3,5-10,16H,4,11-14H2,1H3,(H,27,29,30). The molecule has 178 valence electrons. The summed E-state index contributed by atoms with van der Waals surface area (Å²) in [5, 5.41) is 17.0. The second kappa shape index (κ2) is 8.77. The highest BCUT2D eigenvalue weighted by Crippen LogP contribution is 2.43. The molecule has 2 aliphatic heterocycles. The lowest BCUT2D eigenvalue weighted by Crippen LogP contribution is -2.21. The molecular formula is C24H23ClFN9. The Morgan fingerprint density at radius 2 is 2.00 bits per heavy atom. The van der Waals surface area contributed by atoms with Gasteiger partial charge in [0.05, 0.1) is 28.5 Å². The summed E-state index contributed by atoms with van der Waals surface area (Å²) in [5.74, 6) is 2.39. The van der Waals surface area contributed by atoms with Crippen LogP contribution in [-0.4, -0.2) is 52.5 Å². The van der Waals surface area contributed by atoms with Gasteiger partial charge in [0.1, 0.15) is 17.5 Å². The molecule has 9 nitrogen and oxygen atoms in total. The van der Waals surface area contributed by atoms with Gasteiger partial charge in [0, 0.05) is 45.4 Å². The number of nitrogens with one attached hydrogen (secondary N) is 1. The second-order valence-electron chi connectivity index (χ2n) is 8.68. The summed E-state index contributed by atoms with van der Waals surface area (Å²) >= 11 is 7.00. The maximum Gasteiger partial charge on any atom is 0.228 e. The molecule has 0 bridgehead atoms. The topological polar surface area (TPSA) is 89.6 Å². The zero-order valence-corrected chi connectivity index (χ0v) is 19.8. The first-order valence-corrected chi connectivity index (χ1v) is 11.8. The van der Waals surface area contributed by atoms with Gasteiger partial charge >= 0.3 is 0 Å². The maximum absolute atomic E-state index is 14.3. The van der Waals surface area contributed by atoms with Crippen LogP contribution in [0.25, 0.3) is 5.70 Å². The Morgan fingerprint density at radius 1 is 1.11 bits per heavy atom. The molecule has 4 aromatic rings. The van der Waals surface area contributed by atoms with Crippen LogP contribution in [0.4, 0.5) is 16.2 Å². The van der Waals surface area contributed by atoms with Crippen molar-refractivity contribution in [3.8, 4) is 0 Å². The largest absolute Gasteiger partial charge is 0.366 e. The Hall–Kier alpha value is -3.79. The third kappa shape index (κ3) is 3.93. The van der Waals surface area contributed by atoms with E-state index in [1.807, 2.05) is 25.2 Å². The number of hydrogen-bond acceptors (Lipinski definition) is 7. The van der Waals surface area contributed by atoms with Crippen molar-refractivity contribution in [2.45, 2.75) is 25.3 Å². The molecule has 0 spiro atoms. The molecule has 1 N–H and O–H groups in total. The van der Waals surface area contributed by atoms with Crippen LogP contribution in [-0.2, 0) is 20.0 Å². The molecule has 6 rings (SSSR count). The van der Waals surface area contributed by atoms with Crippen molar-refractivity contribution in [3.05, 3.63) is 82.5 Å². The third-order valence-electron chi connectivity index (χ3n) is 6.50. The molecule has 11 heteroatoms. The van der Waals surface area contributed by atoms with Crippen molar-refractivity contribution >= 4 is 29.1 Å². The highest BCUT2D eigenvalue weighted by Gasteiger charge is 2.37. The number of nitrogens with zero attached hydrogens (tertiary/aromatic N) is 8. The van der Waals surface area contributed by atoms with Crippen LogP contribution in [0.5, 0.6) is 0 Å².